The zero-order valence-electron chi connectivity index (χ0n) is 10.0. The minimum absolute atomic E-state index is 0.0598. The molecule has 0 saturated heterocycles. The molecule has 0 aromatic heterocycles. The normalized spacial score (nSPS) is 16.3. The van der Waals surface area contributed by atoms with E-state index >= 15 is 0 Å². The minimum Gasteiger partial charge on any atom is -0.392 e. The average molecular weight is 204 g/mol. The predicted molar refractivity (Wildman–Crippen MR) is 58.3 cm³/mol. The molecule has 0 aliphatic rings. The van der Waals surface area contributed by atoms with Crippen LogP contribution in [0.25, 0.3) is 0 Å². The monoisotopic (exact) mass is 204 g/mol. The maximum Gasteiger partial charge on any atom is 0.107 e. The maximum atomic E-state index is 9.18. The Morgan fingerprint density at radius 1 is 1.21 bits per heavy atom. The highest BCUT2D eigenvalue weighted by molar-refractivity contribution is 4.57. The highest BCUT2D eigenvalue weighted by Crippen LogP contribution is 1.99. The van der Waals surface area contributed by atoms with Crippen LogP contribution in [-0.4, -0.2) is 68.1 Å². The van der Waals surface area contributed by atoms with Crippen molar-refractivity contribution in [2.24, 2.45) is 0 Å². The lowest BCUT2D eigenvalue weighted by atomic mass is 10.3. The Morgan fingerprint density at radius 3 is 2.21 bits per heavy atom. The molecule has 0 aliphatic heterocycles. The lowest BCUT2D eigenvalue weighted by Crippen LogP contribution is -2.37. The molecule has 0 amide bonds. The molecule has 14 heavy (non-hydrogen) atoms. The van der Waals surface area contributed by atoms with E-state index in [4.69, 9.17) is 4.74 Å². The van der Waals surface area contributed by atoms with Crippen LogP contribution in [0.4, 0.5) is 0 Å². The average Bonchev–Trinajstić information content (AvgIpc) is 2.01. The summed E-state index contributed by atoms with van der Waals surface area (Å²) in [6.45, 7) is 6.06. The lowest BCUT2D eigenvalue weighted by molar-refractivity contribution is -0.0511. The van der Waals surface area contributed by atoms with Crippen LogP contribution in [0.5, 0.6) is 0 Å². The van der Waals surface area contributed by atoms with E-state index in [0.29, 0.717) is 6.54 Å². The van der Waals surface area contributed by atoms with Gasteiger partial charge in [0, 0.05) is 13.1 Å². The fourth-order valence-corrected chi connectivity index (χ4v) is 1.10. The lowest BCUT2D eigenvalue weighted by Gasteiger charge is -2.26. The van der Waals surface area contributed by atoms with Crippen LogP contribution in [0.3, 0.4) is 0 Å². The van der Waals surface area contributed by atoms with Gasteiger partial charge in [0.05, 0.1) is 12.7 Å². The van der Waals surface area contributed by atoms with Gasteiger partial charge >= 0.3 is 0 Å². The number of rotatable bonds is 7. The third-order valence-electron chi connectivity index (χ3n) is 2.07. The fraction of sp³-hybridized carbons (Fsp3) is 1.00. The first-order valence-corrected chi connectivity index (χ1v) is 5.08. The summed E-state index contributed by atoms with van der Waals surface area (Å²) >= 11 is 0. The Morgan fingerprint density at radius 2 is 1.79 bits per heavy atom. The van der Waals surface area contributed by atoms with Crippen molar-refractivity contribution < 1.29 is 9.84 Å². The summed E-state index contributed by atoms with van der Waals surface area (Å²) in [7, 11) is 5.99. The van der Waals surface area contributed by atoms with Crippen LogP contribution in [-0.2, 0) is 4.74 Å². The second-order valence-electron chi connectivity index (χ2n) is 4.06. The fourth-order valence-electron chi connectivity index (χ4n) is 1.10. The molecule has 4 nitrogen and oxygen atoms in total. The summed E-state index contributed by atoms with van der Waals surface area (Å²) in [5, 5.41) is 9.18. The summed E-state index contributed by atoms with van der Waals surface area (Å²) in [5.41, 5.74) is 0. The summed E-state index contributed by atoms with van der Waals surface area (Å²) in [5.74, 6) is 0. The molecule has 0 rings (SSSR count). The van der Waals surface area contributed by atoms with Gasteiger partial charge < -0.3 is 14.7 Å². The molecule has 0 aliphatic carbocycles. The van der Waals surface area contributed by atoms with Gasteiger partial charge in [-0.3, -0.25) is 4.90 Å². The molecule has 86 valence electrons. The first kappa shape index (κ1) is 13.8. The maximum absolute atomic E-state index is 9.18. The van der Waals surface area contributed by atoms with Crippen LogP contribution >= 0.6 is 0 Å². The van der Waals surface area contributed by atoms with Gasteiger partial charge in [-0.15, -0.1) is 0 Å². The van der Waals surface area contributed by atoms with Crippen LogP contribution in [0, 0.1) is 0 Å². The second-order valence-corrected chi connectivity index (χ2v) is 4.06. The molecule has 0 fully saturated rings. The molecule has 0 radical (unpaired) electrons. The summed E-state index contributed by atoms with van der Waals surface area (Å²) in [6, 6.07) is 0. The number of hydrogen-bond donors (Lipinski definition) is 1. The Bertz CT molecular complexity index is 140. The summed E-state index contributed by atoms with van der Waals surface area (Å²) in [4.78, 5) is 4.09. The molecule has 0 bridgehead atoms. The van der Waals surface area contributed by atoms with E-state index in [1.165, 1.54) is 0 Å². The molecule has 1 N–H and O–H groups in total. The van der Waals surface area contributed by atoms with E-state index in [2.05, 4.69) is 4.90 Å². The first-order valence-electron chi connectivity index (χ1n) is 5.08. The van der Waals surface area contributed by atoms with Gasteiger partial charge in [0.15, 0.2) is 0 Å². The summed E-state index contributed by atoms with van der Waals surface area (Å²) < 4.78 is 5.59. The molecular weight excluding hydrogens is 180 g/mol. The van der Waals surface area contributed by atoms with E-state index in [0.717, 1.165) is 13.2 Å². The Kier molecular flexibility index (Phi) is 7.09. The van der Waals surface area contributed by atoms with Crippen molar-refractivity contribution in [3.8, 4) is 0 Å². The third-order valence-corrected chi connectivity index (χ3v) is 2.07. The Balaban J connectivity index is 3.56. The van der Waals surface area contributed by atoms with E-state index in [1.54, 1.807) is 6.92 Å². The number of hydrogen-bond acceptors (Lipinski definition) is 4. The van der Waals surface area contributed by atoms with Gasteiger partial charge in [0.25, 0.3) is 0 Å². The smallest absolute Gasteiger partial charge is 0.107 e. The van der Waals surface area contributed by atoms with Crippen molar-refractivity contribution in [3.63, 3.8) is 0 Å². The van der Waals surface area contributed by atoms with Crippen LogP contribution in [0.15, 0.2) is 0 Å². The van der Waals surface area contributed by atoms with Crippen LogP contribution < -0.4 is 0 Å². The molecule has 0 aromatic rings. The van der Waals surface area contributed by atoms with Crippen molar-refractivity contribution >= 4 is 0 Å². The molecule has 0 aromatic carbocycles. The van der Waals surface area contributed by atoms with E-state index in [-0.39, 0.29) is 12.3 Å². The van der Waals surface area contributed by atoms with Gasteiger partial charge in [-0.25, -0.2) is 0 Å². The number of aliphatic hydroxyl groups excluding tert-OH is 1. The van der Waals surface area contributed by atoms with Gasteiger partial charge in [-0.05, 0) is 35.0 Å². The number of aliphatic hydroxyl groups is 1. The van der Waals surface area contributed by atoms with Crippen LogP contribution in [0.1, 0.15) is 13.8 Å². The van der Waals surface area contributed by atoms with E-state index < -0.39 is 0 Å². The van der Waals surface area contributed by atoms with E-state index in [1.807, 2.05) is 33.0 Å². The van der Waals surface area contributed by atoms with Crippen LogP contribution in [0.2, 0.25) is 0 Å². The highest BCUT2D eigenvalue weighted by Gasteiger charge is 2.10. The van der Waals surface area contributed by atoms with Gasteiger partial charge in [0.2, 0.25) is 0 Å². The molecule has 0 spiro atoms. The second kappa shape index (κ2) is 7.17. The van der Waals surface area contributed by atoms with Crippen molar-refractivity contribution in [1.82, 2.24) is 9.80 Å². The zero-order chi connectivity index (χ0) is 11.1. The summed E-state index contributed by atoms with van der Waals surface area (Å²) in [6.07, 6.45) is -0.246. The van der Waals surface area contributed by atoms with Gasteiger partial charge in [0.1, 0.15) is 6.23 Å². The van der Waals surface area contributed by atoms with Gasteiger partial charge in [-0.1, -0.05) is 0 Å². The number of nitrogens with zero attached hydrogens (tertiary/aromatic N) is 2. The molecular formula is C10H24N2O2. The Hall–Kier alpha value is -0.160. The predicted octanol–water partition coefficient (Wildman–Crippen LogP) is 0.223. The van der Waals surface area contributed by atoms with Gasteiger partial charge in [-0.2, -0.15) is 0 Å². The molecule has 4 heteroatoms. The minimum atomic E-state index is -0.306. The largest absolute Gasteiger partial charge is 0.392 e. The highest BCUT2D eigenvalue weighted by atomic mass is 16.5. The van der Waals surface area contributed by atoms with Crippen molar-refractivity contribution in [3.05, 3.63) is 0 Å². The molecule has 0 heterocycles. The topological polar surface area (TPSA) is 35.9 Å². The molecule has 2 atom stereocenters. The molecule has 0 saturated carbocycles. The number of likely N-dealkylation sites (N-methyl/N-ethyl adjacent to an activating group) is 2. The zero-order valence-corrected chi connectivity index (χ0v) is 10.0. The third kappa shape index (κ3) is 7.26. The van der Waals surface area contributed by atoms with Crippen molar-refractivity contribution in [2.75, 3.05) is 40.8 Å². The van der Waals surface area contributed by atoms with E-state index in [9.17, 15) is 5.11 Å². The quantitative estimate of drug-likeness (QED) is 0.602. The van der Waals surface area contributed by atoms with Crippen molar-refractivity contribution in [1.29, 1.82) is 0 Å². The standard InChI is InChI=1S/C10H24N2O2/c1-9(13)8-12(5)10(2)14-7-6-11(3)4/h9-10,13H,6-8H2,1-5H3. The Labute approximate surface area is 87.5 Å². The molecule has 2 unspecified atom stereocenters. The van der Waals surface area contributed by atoms with Crippen molar-refractivity contribution in [2.45, 2.75) is 26.2 Å². The number of ether oxygens (including phenoxy) is 1. The first-order chi connectivity index (χ1) is 6.43. The SMILES string of the molecule is CC(O)CN(C)C(C)OCCN(C)C.